The largest absolute Gasteiger partial charge is 0.508 e. The fraction of sp³-hybridized carbons (Fsp3) is 0.278. The topological polar surface area (TPSA) is 86.6 Å². The van der Waals surface area contributed by atoms with E-state index in [1.165, 1.54) is 6.92 Å². The van der Waals surface area contributed by atoms with Crippen LogP contribution in [0.15, 0.2) is 42.0 Å². The molecule has 0 spiro atoms. The summed E-state index contributed by atoms with van der Waals surface area (Å²) in [7, 11) is 0. The number of allylic oxidation sites excluding steroid dienone is 3. The van der Waals surface area contributed by atoms with Crippen molar-refractivity contribution in [3.05, 3.63) is 47.6 Å². The number of amides is 1. The summed E-state index contributed by atoms with van der Waals surface area (Å²) in [6.45, 7) is 3.28. The number of thiocarbonyl (C=S) groups is 1. The molecule has 6 heteroatoms. The van der Waals surface area contributed by atoms with Gasteiger partial charge in [0.05, 0.1) is 5.92 Å². The summed E-state index contributed by atoms with van der Waals surface area (Å²) in [5, 5.41) is 21.1. The number of benzene rings is 1. The Labute approximate surface area is 146 Å². The Balaban J connectivity index is 2.74. The number of hydrogen-bond acceptors (Lipinski definition) is 4. The van der Waals surface area contributed by atoms with Gasteiger partial charge in [-0.3, -0.25) is 9.59 Å². The average molecular weight is 347 g/mol. The Hall–Kier alpha value is -2.47. The molecule has 1 aromatic rings. The maximum absolute atomic E-state index is 12.4. The lowest BCUT2D eigenvalue weighted by molar-refractivity contribution is -0.120. The van der Waals surface area contributed by atoms with E-state index in [-0.39, 0.29) is 35.5 Å². The van der Waals surface area contributed by atoms with E-state index in [9.17, 15) is 19.8 Å². The van der Waals surface area contributed by atoms with Crippen molar-refractivity contribution in [2.24, 2.45) is 5.92 Å². The molecule has 128 valence electrons. The first-order valence-corrected chi connectivity index (χ1v) is 7.87. The van der Waals surface area contributed by atoms with Crippen LogP contribution in [0.4, 0.5) is 0 Å². The number of phenols is 1. The van der Waals surface area contributed by atoms with Crippen molar-refractivity contribution in [3.8, 4) is 5.75 Å². The molecule has 0 aliphatic carbocycles. The van der Waals surface area contributed by atoms with Crippen molar-refractivity contribution in [1.29, 1.82) is 0 Å². The molecule has 1 aromatic carbocycles. The van der Waals surface area contributed by atoms with E-state index in [1.807, 2.05) is 6.07 Å². The minimum atomic E-state index is -0.822. The fourth-order valence-corrected chi connectivity index (χ4v) is 2.27. The number of rotatable bonds is 8. The molecule has 1 unspecified atom stereocenters. The average Bonchev–Trinajstić information content (AvgIpc) is 2.50. The van der Waals surface area contributed by atoms with E-state index in [2.05, 4.69) is 5.32 Å². The van der Waals surface area contributed by atoms with Crippen LogP contribution in [0.3, 0.4) is 0 Å². The van der Waals surface area contributed by atoms with Gasteiger partial charge in [-0.1, -0.05) is 30.4 Å². The maximum atomic E-state index is 12.4. The lowest BCUT2D eigenvalue weighted by Crippen LogP contribution is -2.29. The molecule has 0 radical (unpaired) electrons. The first-order valence-electron chi connectivity index (χ1n) is 7.46. The third kappa shape index (κ3) is 6.75. The summed E-state index contributed by atoms with van der Waals surface area (Å²) in [5.74, 6) is -1.14. The second-order valence-electron chi connectivity index (χ2n) is 5.33. The van der Waals surface area contributed by atoms with Crippen LogP contribution < -0.4 is 5.32 Å². The Bertz CT molecular complexity index is 679. The summed E-state index contributed by atoms with van der Waals surface area (Å²) in [4.78, 5) is 23.2. The third-order valence-corrected chi connectivity index (χ3v) is 3.60. The van der Waals surface area contributed by atoms with Gasteiger partial charge in [-0.2, -0.15) is 0 Å². The molecule has 0 saturated carbocycles. The molecule has 24 heavy (non-hydrogen) atoms. The number of ketones is 1. The highest BCUT2D eigenvalue weighted by Gasteiger charge is 2.23. The SMILES string of the molecule is CC(=O)NCCC(C(=O)/C(C)=C/C=C/c1cccc(O)c1)C(O)=S. The second-order valence-corrected chi connectivity index (χ2v) is 5.75. The molecule has 1 atom stereocenters. The van der Waals surface area contributed by atoms with Gasteiger partial charge in [-0.05, 0) is 48.8 Å². The molecule has 0 aliphatic heterocycles. The Kier molecular flexibility index (Phi) is 7.85. The number of aliphatic hydroxyl groups is 1. The molecule has 1 rings (SSSR count). The van der Waals surface area contributed by atoms with Crippen LogP contribution in [-0.2, 0) is 9.59 Å². The minimum Gasteiger partial charge on any atom is -0.508 e. The molecule has 1 amide bonds. The highest BCUT2D eigenvalue weighted by molar-refractivity contribution is 7.80. The zero-order valence-corrected chi connectivity index (χ0v) is 14.5. The number of hydrogen-bond donors (Lipinski definition) is 3. The van der Waals surface area contributed by atoms with Crippen LogP contribution in [0.25, 0.3) is 6.08 Å². The highest BCUT2D eigenvalue weighted by atomic mass is 32.1. The highest BCUT2D eigenvalue weighted by Crippen LogP contribution is 2.14. The van der Waals surface area contributed by atoms with E-state index in [0.29, 0.717) is 5.57 Å². The zero-order chi connectivity index (χ0) is 18.1. The second kappa shape index (κ2) is 9.62. The Morgan fingerprint density at radius 2 is 2.04 bits per heavy atom. The van der Waals surface area contributed by atoms with E-state index in [0.717, 1.165) is 5.56 Å². The monoisotopic (exact) mass is 347 g/mol. The van der Waals surface area contributed by atoms with E-state index in [4.69, 9.17) is 12.2 Å². The fourth-order valence-electron chi connectivity index (χ4n) is 2.05. The van der Waals surface area contributed by atoms with Crippen LogP contribution >= 0.6 is 12.2 Å². The van der Waals surface area contributed by atoms with Gasteiger partial charge in [0.1, 0.15) is 5.75 Å². The van der Waals surface area contributed by atoms with E-state index < -0.39 is 5.92 Å². The molecule has 5 nitrogen and oxygen atoms in total. The van der Waals surface area contributed by atoms with Crippen molar-refractivity contribution in [2.75, 3.05) is 6.54 Å². The van der Waals surface area contributed by atoms with Gasteiger partial charge >= 0.3 is 0 Å². The number of carbonyl (C=O) groups is 2. The van der Waals surface area contributed by atoms with Crippen LogP contribution in [0.2, 0.25) is 0 Å². The number of aromatic hydroxyl groups is 1. The van der Waals surface area contributed by atoms with Gasteiger partial charge in [0, 0.05) is 13.5 Å². The Morgan fingerprint density at radius 1 is 1.33 bits per heavy atom. The van der Waals surface area contributed by atoms with E-state index >= 15 is 0 Å². The lowest BCUT2D eigenvalue weighted by atomic mass is 9.95. The number of Topliss-reactive ketones (excluding diaryl/α,β-unsaturated/α-hetero) is 1. The third-order valence-electron chi connectivity index (χ3n) is 3.32. The first-order chi connectivity index (χ1) is 11.3. The van der Waals surface area contributed by atoms with Crippen molar-refractivity contribution in [3.63, 3.8) is 0 Å². The van der Waals surface area contributed by atoms with Crippen LogP contribution in [0, 0.1) is 5.92 Å². The molecule has 0 saturated heterocycles. The molecule has 0 aromatic heterocycles. The molecule has 0 aliphatic rings. The van der Waals surface area contributed by atoms with Crippen LogP contribution in [-0.4, -0.2) is 33.5 Å². The van der Waals surface area contributed by atoms with Crippen LogP contribution in [0.1, 0.15) is 25.8 Å². The molecular weight excluding hydrogens is 326 g/mol. The number of nitrogens with one attached hydrogen (secondary N) is 1. The number of carbonyl (C=O) groups excluding carboxylic acids is 2. The minimum absolute atomic E-state index is 0.164. The lowest BCUT2D eigenvalue weighted by Gasteiger charge is -2.13. The predicted molar refractivity (Wildman–Crippen MR) is 97.9 cm³/mol. The summed E-state index contributed by atoms with van der Waals surface area (Å²) in [6.07, 6.45) is 5.30. The Morgan fingerprint density at radius 3 is 2.62 bits per heavy atom. The van der Waals surface area contributed by atoms with Crippen molar-refractivity contribution < 1.29 is 19.8 Å². The van der Waals surface area contributed by atoms with Gasteiger partial charge in [0.25, 0.3) is 0 Å². The molecule has 3 N–H and O–H groups in total. The molecular formula is C18H21NO4S. The van der Waals surface area contributed by atoms with Crippen molar-refractivity contribution in [1.82, 2.24) is 5.32 Å². The quantitative estimate of drug-likeness (QED) is 0.382. The van der Waals surface area contributed by atoms with Gasteiger partial charge < -0.3 is 15.5 Å². The predicted octanol–water partition coefficient (Wildman–Crippen LogP) is 2.95. The zero-order valence-electron chi connectivity index (χ0n) is 13.7. The molecule has 0 bridgehead atoms. The molecule has 0 fully saturated rings. The van der Waals surface area contributed by atoms with Gasteiger partial charge in [-0.25, -0.2) is 0 Å². The summed E-state index contributed by atoms with van der Waals surface area (Å²) in [6, 6.07) is 6.71. The normalized spacial score (nSPS) is 12.8. The summed E-state index contributed by atoms with van der Waals surface area (Å²) in [5.41, 5.74) is 1.24. The van der Waals surface area contributed by atoms with Gasteiger partial charge in [0.2, 0.25) is 5.91 Å². The standard InChI is InChI=1S/C18H21NO4S/c1-12(5-3-6-14-7-4-8-15(21)11-14)17(22)16(18(23)24)9-10-19-13(2)20/h3-8,11,16,21H,9-10H2,1-2H3,(H,19,20)(H,23,24)/b6-3+,12-5+. The smallest absolute Gasteiger partial charge is 0.216 e. The number of aliphatic hydroxyl groups excluding tert-OH is 1. The van der Waals surface area contributed by atoms with Gasteiger partial charge in [-0.15, -0.1) is 0 Å². The van der Waals surface area contributed by atoms with Crippen molar-refractivity contribution >= 4 is 35.0 Å². The first kappa shape index (κ1) is 19.6. The van der Waals surface area contributed by atoms with Crippen molar-refractivity contribution in [2.45, 2.75) is 20.3 Å². The number of phenolic OH excluding ortho intramolecular Hbond substituents is 1. The molecule has 0 heterocycles. The van der Waals surface area contributed by atoms with Crippen LogP contribution in [0.5, 0.6) is 5.75 Å². The van der Waals surface area contributed by atoms with E-state index in [1.54, 1.807) is 43.4 Å². The summed E-state index contributed by atoms with van der Waals surface area (Å²) < 4.78 is 0. The van der Waals surface area contributed by atoms with Gasteiger partial charge in [0.15, 0.2) is 10.8 Å². The maximum Gasteiger partial charge on any atom is 0.216 e. The summed E-state index contributed by atoms with van der Waals surface area (Å²) >= 11 is 4.74.